The number of phenols is 1. The molecule has 1 aromatic rings. The lowest BCUT2D eigenvalue weighted by molar-refractivity contribution is -0.118. The smallest absolute Gasteiger partial charge is 0.262 e. The van der Waals surface area contributed by atoms with E-state index in [-0.39, 0.29) is 23.3 Å². The summed E-state index contributed by atoms with van der Waals surface area (Å²) in [6.07, 6.45) is 5.83. The zero-order valence-electron chi connectivity index (χ0n) is 12.8. The monoisotopic (exact) mass is 536 g/mol. The van der Waals surface area contributed by atoms with Crippen molar-refractivity contribution in [3.63, 3.8) is 0 Å². The number of rotatable bonds is 3. The first kappa shape index (κ1) is 18.5. The summed E-state index contributed by atoms with van der Waals surface area (Å²) in [6, 6.07) is 5.67. The van der Waals surface area contributed by atoms with Crippen LogP contribution in [0.25, 0.3) is 6.08 Å². The minimum atomic E-state index is -0.362. The molecule has 1 aliphatic carbocycles. The van der Waals surface area contributed by atoms with Gasteiger partial charge in [0.2, 0.25) is 0 Å². The van der Waals surface area contributed by atoms with E-state index >= 15 is 0 Å². The van der Waals surface area contributed by atoms with Gasteiger partial charge in [-0.2, -0.15) is 5.26 Å². The maximum atomic E-state index is 12.4. The van der Waals surface area contributed by atoms with Crippen LogP contribution < -0.4 is 5.32 Å². The summed E-state index contributed by atoms with van der Waals surface area (Å²) in [7, 11) is 0. The first-order chi connectivity index (χ1) is 10.9. The predicted octanol–water partition coefficient (Wildman–Crippen LogP) is 4.20. The summed E-state index contributed by atoms with van der Waals surface area (Å²) >= 11 is 4.17. The molecule has 0 aliphatic heterocycles. The molecule has 0 saturated heterocycles. The van der Waals surface area contributed by atoms with Gasteiger partial charge in [0.15, 0.2) is 0 Å². The summed E-state index contributed by atoms with van der Waals surface area (Å²) in [5.74, 6) is 0.164. The van der Waals surface area contributed by atoms with Crippen molar-refractivity contribution < 1.29 is 9.90 Å². The quantitative estimate of drug-likeness (QED) is 0.346. The van der Waals surface area contributed by atoms with Gasteiger partial charge in [-0.15, -0.1) is 0 Å². The standard InChI is InChI=1S/C17H18I2N2O2/c1-10-4-2-3-5-15(10)21-17(23)12(9-20)6-11-7-13(18)8-14(19)16(11)22/h6-8,10,15,22H,2-5H2,1H3,(H,21,23)/b12-6+/t10-,15-/m1/s1. The van der Waals surface area contributed by atoms with Crippen molar-refractivity contribution in [2.45, 2.75) is 38.6 Å². The fourth-order valence-corrected chi connectivity index (χ4v) is 4.67. The maximum absolute atomic E-state index is 12.4. The number of nitriles is 1. The second-order valence-corrected chi connectivity index (χ2v) is 8.24. The number of hydrogen-bond donors (Lipinski definition) is 2. The van der Waals surface area contributed by atoms with Crippen molar-refractivity contribution >= 4 is 57.2 Å². The van der Waals surface area contributed by atoms with Gasteiger partial charge in [0.1, 0.15) is 17.4 Å². The fraction of sp³-hybridized carbons (Fsp3) is 0.412. The molecule has 0 bridgehead atoms. The van der Waals surface area contributed by atoms with Crippen molar-refractivity contribution in [1.29, 1.82) is 5.26 Å². The van der Waals surface area contributed by atoms with Gasteiger partial charge in [-0.3, -0.25) is 4.79 Å². The second kappa shape index (κ2) is 8.33. The first-order valence-electron chi connectivity index (χ1n) is 7.53. The van der Waals surface area contributed by atoms with Crippen LogP contribution in [-0.4, -0.2) is 17.1 Å². The molecule has 0 aromatic heterocycles. The Balaban J connectivity index is 2.22. The molecule has 0 unspecified atom stereocenters. The number of aromatic hydroxyl groups is 1. The Labute approximate surface area is 163 Å². The molecule has 122 valence electrons. The normalized spacial score (nSPS) is 21.6. The number of benzene rings is 1. The van der Waals surface area contributed by atoms with E-state index in [0.29, 0.717) is 15.1 Å². The van der Waals surface area contributed by atoms with E-state index in [1.165, 1.54) is 12.5 Å². The Bertz CT molecular complexity index is 680. The number of carbonyl (C=O) groups is 1. The number of hydrogen-bond acceptors (Lipinski definition) is 3. The highest BCUT2D eigenvalue weighted by Crippen LogP contribution is 2.29. The number of amides is 1. The van der Waals surface area contributed by atoms with E-state index in [4.69, 9.17) is 0 Å². The van der Waals surface area contributed by atoms with E-state index in [2.05, 4.69) is 34.8 Å². The number of nitrogens with one attached hydrogen (secondary N) is 1. The molecule has 1 aromatic carbocycles. The van der Waals surface area contributed by atoms with Crippen LogP contribution in [0.5, 0.6) is 5.75 Å². The summed E-state index contributed by atoms with van der Waals surface area (Å²) < 4.78 is 1.63. The van der Waals surface area contributed by atoms with E-state index in [1.807, 2.05) is 34.7 Å². The molecule has 23 heavy (non-hydrogen) atoms. The van der Waals surface area contributed by atoms with E-state index in [0.717, 1.165) is 22.8 Å². The van der Waals surface area contributed by atoms with Crippen LogP contribution in [0.2, 0.25) is 0 Å². The van der Waals surface area contributed by atoms with Crippen LogP contribution in [0.15, 0.2) is 17.7 Å². The molecular weight excluding hydrogens is 518 g/mol. The molecule has 0 radical (unpaired) electrons. The molecule has 1 amide bonds. The highest BCUT2D eigenvalue weighted by Gasteiger charge is 2.24. The fourth-order valence-electron chi connectivity index (χ4n) is 2.78. The summed E-state index contributed by atoms with van der Waals surface area (Å²) in [4.78, 5) is 12.4. The summed E-state index contributed by atoms with van der Waals surface area (Å²) in [5, 5.41) is 22.4. The van der Waals surface area contributed by atoms with Gasteiger partial charge in [-0.25, -0.2) is 0 Å². The SMILES string of the molecule is C[C@@H]1CCCC[C@H]1NC(=O)/C(C#N)=C/c1cc(I)cc(I)c1O. The largest absolute Gasteiger partial charge is 0.506 e. The first-order valence-corrected chi connectivity index (χ1v) is 9.68. The van der Waals surface area contributed by atoms with E-state index in [9.17, 15) is 15.2 Å². The van der Waals surface area contributed by atoms with Crippen molar-refractivity contribution in [1.82, 2.24) is 5.32 Å². The van der Waals surface area contributed by atoms with E-state index in [1.54, 1.807) is 6.07 Å². The third-order valence-electron chi connectivity index (χ3n) is 4.15. The van der Waals surface area contributed by atoms with Gasteiger partial charge < -0.3 is 10.4 Å². The van der Waals surface area contributed by atoms with Crippen molar-refractivity contribution in [2.75, 3.05) is 0 Å². The lowest BCUT2D eigenvalue weighted by Crippen LogP contribution is -2.41. The molecule has 2 N–H and O–H groups in total. The third-order valence-corrected chi connectivity index (χ3v) is 5.60. The summed E-state index contributed by atoms with van der Waals surface area (Å²) in [5.41, 5.74) is 0.514. The molecule has 1 aliphatic rings. The molecule has 0 heterocycles. The van der Waals surface area contributed by atoms with Crippen molar-refractivity contribution in [2.24, 2.45) is 5.92 Å². The second-order valence-electron chi connectivity index (χ2n) is 5.84. The van der Waals surface area contributed by atoms with Gasteiger partial charge in [0, 0.05) is 15.2 Å². The van der Waals surface area contributed by atoms with Crippen LogP contribution in [0, 0.1) is 24.4 Å². The molecular formula is C17H18I2N2O2. The zero-order chi connectivity index (χ0) is 17.0. The minimum absolute atomic E-state index is 0.0240. The van der Waals surface area contributed by atoms with Gasteiger partial charge >= 0.3 is 0 Å². The Morgan fingerprint density at radius 3 is 2.74 bits per heavy atom. The minimum Gasteiger partial charge on any atom is -0.506 e. The van der Waals surface area contributed by atoms with Gasteiger partial charge in [0.05, 0.1) is 3.57 Å². The number of halogens is 2. The lowest BCUT2D eigenvalue weighted by atomic mass is 9.86. The van der Waals surface area contributed by atoms with Gasteiger partial charge in [0.25, 0.3) is 5.91 Å². The van der Waals surface area contributed by atoms with Crippen molar-refractivity contribution in [3.8, 4) is 11.8 Å². The molecule has 0 spiro atoms. The molecule has 4 nitrogen and oxygen atoms in total. The Kier molecular flexibility index (Phi) is 6.71. The number of nitrogens with zero attached hydrogens (tertiary/aromatic N) is 1. The van der Waals surface area contributed by atoms with Gasteiger partial charge in [-0.1, -0.05) is 19.8 Å². The Morgan fingerprint density at radius 1 is 1.39 bits per heavy atom. The molecule has 2 atom stereocenters. The lowest BCUT2D eigenvalue weighted by Gasteiger charge is -2.29. The average molecular weight is 536 g/mol. The average Bonchev–Trinajstić information content (AvgIpc) is 2.51. The number of carbonyl (C=O) groups excluding carboxylic acids is 1. The molecule has 2 rings (SSSR count). The Morgan fingerprint density at radius 2 is 2.09 bits per heavy atom. The maximum Gasteiger partial charge on any atom is 0.262 e. The Hall–Kier alpha value is -0.820. The van der Waals surface area contributed by atoms with Crippen LogP contribution in [0.1, 0.15) is 38.2 Å². The van der Waals surface area contributed by atoms with Crippen LogP contribution in [0.3, 0.4) is 0 Å². The van der Waals surface area contributed by atoms with E-state index < -0.39 is 0 Å². The highest BCUT2D eigenvalue weighted by molar-refractivity contribution is 14.1. The molecule has 1 saturated carbocycles. The van der Waals surface area contributed by atoms with Crippen molar-refractivity contribution in [3.05, 3.63) is 30.4 Å². The zero-order valence-corrected chi connectivity index (χ0v) is 17.1. The molecule has 6 heteroatoms. The van der Waals surface area contributed by atoms with Gasteiger partial charge in [-0.05, 0) is 82.2 Å². The van der Waals surface area contributed by atoms with Crippen LogP contribution >= 0.6 is 45.2 Å². The highest BCUT2D eigenvalue weighted by atomic mass is 127. The molecule has 1 fully saturated rings. The topological polar surface area (TPSA) is 73.1 Å². The summed E-state index contributed by atoms with van der Waals surface area (Å²) in [6.45, 7) is 2.13. The number of phenolic OH excluding ortho intramolecular Hbond substituents is 1. The van der Waals surface area contributed by atoms with Crippen LogP contribution in [0.4, 0.5) is 0 Å². The van der Waals surface area contributed by atoms with Crippen LogP contribution in [-0.2, 0) is 4.79 Å². The predicted molar refractivity (Wildman–Crippen MR) is 107 cm³/mol. The third kappa shape index (κ3) is 4.83.